The summed E-state index contributed by atoms with van der Waals surface area (Å²) in [6.07, 6.45) is 0. The average molecular weight is 412 g/mol. The molecule has 7 heteroatoms. The van der Waals surface area contributed by atoms with Crippen molar-refractivity contribution in [3.05, 3.63) is 59.7 Å². The van der Waals surface area contributed by atoms with E-state index in [1.54, 1.807) is 38.3 Å². The largest absolute Gasteiger partial charge is 0.497 e. The van der Waals surface area contributed by atoms with Gasteiger partial charge in [0.1, 0.15) is 5.75 Å². The Hall–Kier alpha value is -2.90. The predicted molar refractivity (Wildman–Crippen MR) is 116 cm³/mol. The summed E-state index contributed by atoms with van der Waals surface area (Å²) in [4.78, 5) is 28.6. The molecule has 0 aromatic heterocycles. The molecule has 30 heavy (non-hydrogen) atoms. The van der Waals surface area contributed by atoms with Crippen molar-refractivity contribution in [2.75, 3.05) is 51.8 Å². The van der Waals surface area contributed by atoms with Gasteiger partial charge in [0.05, 0.1) is 25.8 Å². The molecule has 1 fully saturated rings. The van der Waals surface area contributed by atoms with Gasteiger partial charge in [0.2, 0.25) is 5.91 Å². The lowest BCUT2D eigenvalue weighted by Crippen LogP contribution is -2.48. The van der Waals surface area contributed by atoms with Crippen molar-refractivity contribution in [2.45, 2.75) is 13.5 Å². The monoisotopic (exact) mass is 411 g/mol. The van der Waals surface area contributed by atoms with Crippen molar-refractivity contribution in [3.8, 4) is 5.75 Å². The zero-order chi connectivity index (χ0) is 21.3. The SMILES string of the molecule is CCOC(=O)c1ccc(NC(=O)CN2CCN(Cc3ccc(OC)cc3)CC2)cc1. The fraction of sp³-hybridized carbons (Fsp3) is 0.391. The number of rotatable bonds is 8. The van der Waals surface area contributed by atoms with Crippen LogP contribution in [0.3, 0.4) is 0 Å². The topological polar surface area (TPSA) is 71.1 Å². The molecule has 0 saturated carbocycles. The Morgan fingerprint density at radius 2 is 1.57 bits per heavy atom. The fourth-order valence-electron chi connectivity index (χ4n) is 3.40. The zero-order valence-electron chi connectivity index (χ0n) is 17.6. The lowest BCUT2D eigenvalue weighted by Gasteiger charge is -2.34. The van der Waals surface area contributed by atoms with Gasteiger partial charge >= 0.3 is 5.97 Å². The van der Waals surface area contributed by atoms with Crippen molar-refractivity contribution < 1.29 is 19.1 Å². The van der Waals surface area contributed by atoms with Gasteiger partial charge in [-0.25, -0.2) is 4.79 Å². The molecule has 0 radical (unpaired) electrons. The van der Waals surface area contributed by atoms with Crippen LogP contribution in [0.25, 0.3) is 0 Å². The maximum atomic E-state index is 12.4. The summed E-state index contributed by atoms with van der Waals surface area (Å²) in [7, 11) is 1.67. The van der Waals surface area contributed by atoms with Crippen molar-refractivity contribution in [1.29, 1.82) is 0 Å². The normalized spacial score (nSPS) is 14.9. The van der Waals surface area contributed by atoms with E-state index in [1.807, 2.05) is 12.1 Å². The molecule has 2 aromatic carbocycles. The van der Waals surface area contributed by atoms with Crippen LogP contribution in [0, 0.1) is 0 Å². The minimum Gasteiger partial charge on any atom is -0.497 e. The molecule has 0 spiro atoms. The van der Waals surface area contributed by atoms with Crippen LogP contribution in [0.2, 0.25) is 0 Å². The van der Waals surface area contributed by atoms with Gasteiger partial charge in [-0.3, -0.25) is 14.6 Å². The lowest BCUT2D eigenvalue weighted by atomic mass is 10.2. The van der Waals surface area contributed by atoms with Crippen LogP contribution in [0.15, 0.2) is 48.5 Å². The highest BCUT2D eigenvalue weighted by Gasteiger charge is 2.19. The second-order valence-electron chi connectivity index (χ2n) is 7.25. The summed E-state index contributed by atoms with van der Waals surface area (Å²) in [6, 6.07) is 14.9. The number of methoxy groups -OCH3 is 1. The van der Waals surface area contributed by atoms with E-state index in [-0.39, 0.29) is 11.9 Å². The Bertz CT molecular complexity index is 829. The van der Waals surface area contributed by atoms with Crippen LogP contribution in [0.5, 0.6) is 5.75 Å². The van der Waals surface area contributed by atoms with Crippen LogP contribution in [0.1, 0.15) is 22.8 Å². The molecule has 1 aliphatic rings. The smallest absolute Gasteiger partial charge is 0.338 e. The third-order valence-electron chi connectivity index (χ3n) is 5.08. The molecule has 7 nitrogen and oxygen atoms in total. The summed E-state index contributed by atoms with van der Waals surface area (Å²) in [6.45, 7) is 6.92. The third kappa shape index (κ3) is 6.30. The first-order chi connectivity index (χ1) is 14.6. The quantitative estimate of drug-likeness (QED) is 0.674. The average Bonchev–Trinajstić information content (AvgIpc) is 2.76. The second-order valence-corrected chi connectivity index (χ2v) is 7.25. The minimum absolute atomic E-state index is 0.0533. The molecule has 0 atom stereocenters. The number of nitrogens with zero attached hydrogens (tertiary/aromatic N) is 2. The maximum Gasteiger partial charge on any atom is 0.338 e. The van der Waals surface area contributed by atoms with Crippen molar-refractivity contribution in [3.63, 3.8) is 0 Å². The van der Waals surface area contributed by atoms with E-state index >= 15 is 0 Å². The molecule has 0 unspecified atom stereocenters. The van der Waals surface area contributed by atoms with E-state index in [1.165, 1.54) is 5.56 Å². The number of piperazine rings is 1. The van der Waals surface area contributed by atoms with Gasteiger partial charge in [0.15, 0.2) is 0 Å². The molecule has 0 aliphatic carbocycles. The molecular weight excluding hydrogens is 382 g/mol. The van der Waals surface area contributed by atoms with Crippen molar-refractivity contribution in [2.24, 2.45) is 0 Å². The lowest BCUT2D eigenvalue weighted by molar-refractivity contribution is -0.117. The van der Waals surface area contributed by atoms with E-state index in [2.05, 4.69) is 27.2 Å². The van der Waals surface area contributed by atoms with Crippen LogP contribution in [-0.4, -0.2) is 68.1 Å². The Balaban J connectivity index is 1.41. The first-order valence-corrected chi connectivity index (χ1v) is 10.2. The Kier molecular flexibility index (Phi) is 7.82. The number of carbonyl (C=O) groups is 2. The molecular formula is C23H29N3O4. The number of nitrogens with one attached hydrogen (secondary N) is 1. The molecule has 0 bridgehead atoms. The van der Waals surface area contributed by atoms with Gasteiger partial charge in [0, 0.05) is 38.4 Å². The fourth-order valence-corrected chi connectivity index (χ4v) is 3.40. The highest BCUT2D eigenvalue weighted by molar-refractivity contribution is 5.94. The summed E-state index contributed by atoms with van der Waals surface area (Å²) in [5.74, 6) is 0.454. The zero-order valence-corrected chi connectivity index (χ0v) is 17.6. The molecule has 1 heterocycles. The number of hydrogen-bond acceptors (Lipinski definition) is 6. The number of ether oxygens (including phenoxy) is 2. The van der Waals surface area contributed by atoms with E-state index in [0.29, 0.717) is 24.4 Å². The van der Waals surface area contributed by atoms with E-state index in [4.69, 9.17) is 9.47 Å². The number of benzene rings is 2. The van der Waals surface area contributed by atoms with E-state index < -0.39 is 0 Å². The van der Waals surface area contributed by atoms with E-state index in [0.717, 1.165) is 38.5 Å². The van der Waals surface area contributed by atoms with Gasteiger partial charge in [-0.05, 0) is 48.9 Å². The van der Waals surface area contributed by atoms with Crippen molar-refractivity contribution >= 4 is 17.6 Å². The number of hydrogen-bond donors (Lipinski definition) is 1. The Morgan fingerprint density at radius 1 is 0.933 bits per heavy atom. The summed E-state index contributed by atoms with van der Waals surface area (Å²) >= 11 is 0. The second kappa shape index (κ2) is 10.8. The van der Waals surface area contributed by atoms with E-state index in [9.17, 15) is 9.59 Å². The summed E-state index contributed by atoms with van der Waals surface area (Å²) in [5, 5.41) is 2.89. The van der Waals surface area contributed by atoms with Crippen LogP contribution < -0.4 is 10.1 Å². The number of amides is 1. The van der Waals surface area contributed by atoms with Crippen LogP contribution >= 0.6 is 0 Å². The first kappa shape index (κ1) is 21.8. The Morgan fingerprint density at radius 3 is 2.17 bits per heavy atom. The molecule has 1 saturated heterocycles. The first-order valence-electron chi connectivity index (χ1n) is 10.2. The Labute approximate surface area is 177 Å². The number of esters is 1. The molecule has 3 rings (SSSR count). The van der Waals surface area contributed by atoms with Gasteiger partial charge in [-0.15, -0.1) is 0 Å². The number of carbonyl (C=O) groups excluding carboxylic acids is 2. The number of anilines is 1. The van der Waals surface area contributed by atoms with Gasteiger partial charge in [-0.2, -0.15) is 0 Å². The van der Waals surface area contributed by atoms with Crippen molar-refractivity contribution in [1.82, 2.24) is 9.80 Å². The molecule has 1 aliphatic heterocycles. The third-order valence-corrected chi connectivity index (χ3v) is 5.08. The predicted octanol–water partition coefficient (Wildman–Crippen LogP) is 2.63. The molecule has 1 amide bonds. The van der Waals surface area contributed by atoms with Crippen LogP contribution in [-0.2, 0) is 16.1 Å². The highest BCUT2D eigenvalue weighted by Crippen LogP contribution is 2.15. The standard InChI is InChI=1S/C23H29N3O4/c1-3-30-23(28)19-6-8-20(9-7-19)24-22(27)17-26-14-12-25(13-15-26)16-18-4-10-21(29-2)11-5-18/h4-11H,3,12-17H2,1-2H3,(H,24,27). The van der Waals surface area contributed by atoms with Gasteiger partial charge in [0.25, 0.3) is 0 Å². The minimum atomic E-state index is -0.358. The van der Waals surface area contributed by atoms with Crippen LogP contribution in [0.4, 0.5) is 5.69 Å². The molecule has 1 N–H and O–H groups in total. The highest BCUT2D eigenvalue weighted by atomic mass is 16.5. The molecule has 2 aromatic rings. The molecule has 160 valence electrons. The van der Waals surface area contributed by atoms with Gasteiger partial charge < -0.3 is 14.8 Å². The summed E-state index contributed by atoms with van der Waals surface area (Å²) < 4.78 is 10.2. The van der Waals surface area contributed by atoms with Gasteiger partial charge in [-0.1, -0.05) is 12.1 Å². The maximum absolute atomic E-state index is 12.4. The summed E-state index contributed by atoms with van der Waals surface area (Å²) in [5.41, 5.74) is 2.40.